The van der Waals surface area contributed by atoms with Gasteiger partial charge in [-0.25, -0.2) is 4.79 Å². The number of carbonyl (C=O) groups is 1. The number of hydrogen-bond donors (Lipinski definition) is 1. The van der Waals surface area contributed by atoms with Gasteiger partial charge in [0.2, 0.25) is 0 Å². The van der Waals surface area contributed by atoms with Gasteiger partial charge in [-0.1, -0.05) is 56.7 Å². The smallest absolute Gasteiger partial charge is 0.409 e. The van der Waals surface area contributed by atoms with Crippen molar-refractivity contribution >= 4 is 11.8 Å². The summed E-state index contributed by atoms with van der Waals surface area (Å²) in [6.07, 6.45) is 11.0. The molecule has 2 aliphatic carbocycles. The fourth-order valence-electron chi connectivity index (χ4n) is 5.59. The molecular formula is C29H39N3O5. The van der Waals surface area contributed by atoms with Crippen LogP contribution in [0.4, 0.5) is 10.5 Å². The monoisotopic (exact) mass is 509 g/mol. The second kappa shape index (κ2) is 13.4. The van der Waals surface area contributed by atoms with E-state index in [0.29, 0.717) is 29.5 Å². The van der Waals surface area contributed by atoms with Crippen LogP contribution in [0.1, 0.15) is 69.8 Å². The van der Waals surface area contributed by atoms with E-state index < -0.39 is 0 Å². The Hall–Kier alpha value is -3.13. The summed E-state index contributed by atoms with van der Waals surface area (Å²) in [6.45, 7) is 0.550. The highest BCUT2D eigenvalue weighted by Gasteiger charge is 2.28. The fraction of sp³-hybridized carbons (Fsp3) is 0.552. The van der Waals surface area contributed by atoms with E-state index in [-0.39, 0.29) is 35.4 Å². The Morgan fingerprint density at radius 1 is 1.00 bits per heavy atom. The van der Waals surface area contributed by atoms with E-state index in [0.717, 1.165) is 51.4 Å². The minimum Gasteiger partial charge on any atom is -0.457 e. The highest BCUT2D eigenvalue weighted by Crippen LogP contribution is 2.30. The molecule has 1 atom stereocenters. The third-order valence-corrected chi connectivity index (χ3v) is 7.80. The van der Waals surface area contributed by atoms with Crippen LogP contribution in [-0.4, -0.2) is 41.7 Å². The molecule has 1 N–H and O–H groups in total. The molecule has 0 aromatic heterocycles. The summed E-state index contributed by atoms with van der Waals surface area (Å²) in [5.74, 6) is 1.58. The van der Waals surface area contributed by atoms with Crippen LogP contribution in [0.15, 0.2) is 48.5 Å². The Morgan fingerprint density at radius 3 is 2.35 bits per heavy atom. The van der Waals surface area contributed by atoms with Crippen LogP contribution < -0.4 is 10.1 Å². The van der Waals surface area contributed by atoms with Crippen molar-refractivity contribution in [3.05, 3.63) is 64.2 Å². The minimum absolute atomic E-state index is 0.0457. The van der Waals surface area contributed by atoms with E-state index in [9.17, 15) is 14.9 Å². The maximum Gasteiger partial charge on any atom is 0.409 e. The highest BCUT2D eigenvalue weighted by molar-refractivity contribution is 5.67. The lowest BCUT2D eigenvalue weighted by molar-refractivity contribution is -0.385. The van der Waals surface area contributed by atoms with E-state index in [2.05, 4.69) is 5.32 Å². The van der Waals surface area contributed by atoms with Gasteiger partial charge in [0.05, 0.1) is 4.92 Å². The second-order valence-corrected chi connectivity index (χ2v) is 10.3. The molecule has 0 aliphatic heterocycles. The van der Waals surface area contributed by atoms with Crippen LogP contribution in [0.2, 0.25) is 0 Å². The molecule has 2 aromatic carbocycles. The molecule has 0 heterocycles. The number of hydrogen-bond acceptors (Lipinski definition) is 6. The molecule has 8 nitrogen and oxygen atoms in total. The van der Waals surface area contributed by atoms with Crippen LogP contribution in [0.3, 0.4) is 0 Å². The molecule has 2 saturated carbocycles. The quantitative estimate of drug-likeness (QED) is 0.279. The molecule has 0 spiro atoms. The molecule has 4 rings (SSSR count). The Balaban J connectivity index is 1.43. The van der Waals surface area contributed by atoms with Gasteiger partial charge in [0, 0.05) is 37.3 Å². The summed E-state index contributed by atoms with van der Waals surface area (Å²) in [5.41, 5.74) is 0.592. The fourth-order valence-corrected chi connectivity index (χ4v) is 5.59. The van der Waals surface area contributed by atoms with Gasteiger partial charge in [-0.3, -0.25) is 10.1 Å². The molecule has 2 aromatic rings. The van der Waals surface area contributed by atoms with Gasteiger partial charge in [-0.15, -0.1) is 0 Å². The van der Waals surface area contributed by atoms with Crippen LogP contribution in [-0.2, 0) is 11.3 Å². The molecule has 0 saturated heterocycles. The first kappa shape index (κ1) is 26.9. The van der Waals surface area contributed by atoms with E-state index in [4.69, 9.17) is 9.47 Å². The van der Waals surface area contributed by atoms with E-state index in [1.807, 2.05) is 37.4 Å². The zero-order chi connectivity index (χ0) is 26.0. The number of nitro groups is 1. The molecule has 37 heavy (non-hydrogen) atoms. The standard InChI is InChI=1S/C29H39N3O5/c1-31(24-13-7-3-8-14-24)29(33)36-21-27(22-11-5-2-6-12-22)30-20-23-19-26(17-18-28(23)32(34)35)37-25-15-9-4-10-16-25/h4,9-10,15-19,22,24,27,30H,2-3,5-8,11-14,20-21H2,1H3/t27-/m0/s1. The maximum absolute atomic E-state index is 12.8. The number of nitro benzene ring substituents is 1. The van der Waals surface area contributed by atoms with E-state index in [1.165, 1.54) is 18.9 Å². The molecule has 2 fully saturated rings. The van der Waals surface area contributed by atoms with Crippen molar-refractivity contribution in [2.75, 3.05) is 13.7 Å². The number of rotatable bonds is 10. The summed E-state index contributed by atoms with van der Waals surface area (Å²) in [7, 11) is 1.84. The zero-order valence-corrected chi connectivity index (χ0v) is 21.8. The number of benzene rings is 2. The molecular weight excluding hydrogens is 470 g/mol. The molecule has 2 aliphatic rings. The van der Waals surface area contributed by atoms with Gasteiger partial charge in [-0.2, -0.15) is 0 Å². The lowest BCUT2D eigenvalue weighted by atomic mass is 9.84. The van der Waals surface area contributed by atoms with Crippen molar-refractivity contribution in [2.45, 2.75) is 82.8 Å². The predicted octanol–water partition coefficient (Wildman–Crippen LogP) is 6.83. The summed E-state index contributed by atoms with van der Waals surface area (Å²) in [6, 6.07) is 14.4. The van der Waals surface area contributed by atoms with Crippen molar-refractivity contribution in [3.63, 3.8) is 0 Å². The maximum atomic E-state index is 12.8. The Kier molecular flexibility index (Phi) is 9.77. The van der Waals surface area contributed by atoms with Gasteiger partial charge < -0.3 is 19.7 Å². The molecule has 0 unspecified atom stereocenters. The van der Waals surface area contributed by atoms with Crippen LogP contribution in [0, 0.1) is 16.0 Å². The zero-order valence-electron chi connectivity index (χ0n) is 21.8. The van der Waals surface area contributed by atoms with Crippen LogP contribution in [0.25, 0.3) is 0 Å². The summed E-state index contributed by atoms with van der Waals surface area (Å²) < 4.78 is 11.7. The number of amides is 1. The second-order valence-electron chi connectivity index (χ2n) is 10.3. The third kappa shape index (κ3) is 7.68. The Morgan fingerprint density at radius 2 is 1.68 bits per heavy atom. The van der Waals surface area contributed by atoms with Gasteiger partial charge in [0.1, 0.15) is 18.1 Å². The number of nitrogens with zero attached hydrogens (tertiary/aromatic N) is 2. The van der Waals surface area contributed by atoms with Crippen molar-refractivity contribution in [1.29, 1.82) is 0 Å². The lowest BCUT2D eigenvalue weighted by Gasteiger charge is -2.33. The predicted molar refractivity (Wildman–Crippen MR) is 143 cm³/mol. The van der Waals surface area contributed by atoms with Crippen molar-refractivity contribution in [1.82, 2.24) is 10.2 Å². The number of para-hydroxylation sites is 1. The molecule has 0 radical (unpaired) electrons. The molecule has 0 bridgehead atoms. The Bertz CT molecular complexity index is 1020. The lowest BCUT2D eigenvalue weighted by Crippen LogP contribution is -2.44. The van der Waals surface area contributed by atoms with Gasteiger partial charge in [0.25, 0.3) is 5.69 Å². The molecule has 8 heteroatoms. The highest BCUT2D eigenvalue weighted by atomic mass is 16.6. The van der Waals surface area contributed by atoms with Crippen molar-refractivity contribution in [3.8, 4) is 11.5 Å². The van der Waals surface area contributed by atoms with Crippen molar-refractivity contribution in [2.24, 2.45) is 5.92 Å². The van der Waals surface area contributed by atoms with Gasteiger partial charge in [-0.05, 0) is 55.9 Å². The first-order valence-corrected chi connectivity index (χ1v) is 13.6. The number of carbonyl (C=O) groups excluding carboxylic acids is 1. The Labute approximate surface area is 219 Å². The summed E-state index contributed by atoms with van der Waals surface area (Å²) in [5, 5.41) is 15.3. The van der Waals surface area contributed by atoms with Gasteiger partial charge >= 0.3 is 6.09 Å². The first-order chi connectivity index (χ1) is 18.0. The van der Waals surface area contributed by atoms with Crippen LogP contribution >= 0.6 is 0 Å². The average molecular weight is 510 g/mol. The normalized spacial score (nSPS) is 17.6. The minimum atomic E-state index is -0.363. The third-order valence-electron chi connectivity index (χ3n) is 7.80. The van der Waals surface area contributed by atoms with Crippen LogP contribution in [0.5, 0.6) is 11.5 Å². The average Bonchev–Trinajstić information content (AvgIpc) is 2.94. The summed E-state index contributed by atoms with van der Waals surface area (Å²) >= 11 is 0. The number of ether oxygens (including phenoxy) is 2. The van der Waals surface area contributed by atoms with Crippen molar-refractivity contribution < 1.29 is 19.2 Å². The van der Waals surface area contributed by atoms with E-state index in [1.54, 1.807) is 17.0 Å². The topological polar surface area (TPSA) is 93.9 Å². The molecule has 1 amide bonds. The van der Waals surface area contributed by atoms with Gasteiger partial charge in [0.15, 0.2) is 0 Å². The SMILES string of the molecule is CN(C(=O)OC[C@H](NCc1cc(Oc2ccccc2)ccc1[N+](=O)[O-])C1CCCCC1)C1CCCCC1. The number of nitrogens with one attached hydrogen (secondary N) is 1. The molecule has 200 valence electrons. The first-order valence-electron chi connectivity index (χ1n) is 13.6. The summed E-state index contributed by atoms with van der Waals surface area (Å²) in [4.78, 5) is 26.0. The van der Waals surface area contributed by atoms with E-state index >= 15 is 0 Å². The largest absolute Gasteiger partial charge is 0.457 e.